The van der Waals surface area contributed by atoms with Crippen LogP contribution in [0.5, 0.6) is 0 Å². The summed E-state index contributed by atoms with van der Waals surface area (Å²) >= 11 is 0. The van der Waals surface area contributed by atoms with Gasteiger partial charge in [-0.3, -0.25) is 9.69 Å². The van der Waals surface area contributed by atoms with E-state index in [9.17, 15) is 4.79 Å². The quantitative estimate of drug-likeness (QED) is 0.725. The number of rotatable bonds is 6. The number of carbonyl (C=O) groups is 1. The maximum atomic E-state index is 10.9. The van der Waals surface area contributed by atoms with Gasteiger partial charge in [0.2, 0.25) is 0 Å². The maximum Gasteiger partial charge on any atom is 0.151 e. The zero-order valence-corrected chi connectivity index (χ0v) is 12.5. The monoisotopic (exact) mass is 250 g/mol. The molecule has 0 saturated heterocycles. The third kappa shape index (κ3) is 3.22. The number of aldehydes is 1. The summed E-state index contributed by atoms with van der Waals surface area (Å²) in [6, 6.07) is 3.07. The van der Waals surface area contributed by atoms with Gasteiger partial charge in [-0.15, -0.1) is 0 Å². The topological polar surface area (TPSA) is 25.2 Å². The average molecular weight is 250 g/mol. The van der Waals surface area contributed by atoms with Crippen LogP contribution in [-0.4, -0.2) is 34.4 Å². The highest BCUT2D eigenvalue weighted by molar-refractivity contribution is 5.77. The number of nitrogens with zero attached hydrogens (tertiary/aromatic N) is 2. The van der Waals surface area contributed by atoms with Crippen LogP contribution in [0.2, 0.25) is 0 Å². The van der Waals surface area contributed by atoms with E-state index in [0.717, 1.165) is 30.6 Å². The van der Waals surface area contributed by atoms with E-state index in [1.54, 1.807) is 0 Å². The van der Waals surface area contributed by atoms with Crippen molar-refractivity contribution in [2.75, 3.05) is 6.54 Å². The van der Waals surface area contributed by atoms with Crippen molar-refractivity contribution in [1.82, 2.24) is 9.47 Å². The van der Waals surface area contributed by atoms with Gasteiger partial charge in [-0.05, 0) is 47.6 Å². The van der Waals surface area contributed by atoms with E-state index in [2.05, 4.69) is 44.1 Å². The van der Waals surface area contributed by atoms with Gasteiger partial charge < -0.3 is 4.57 Å². The van der Waals surface area contributed by atoms with Crippen molar-refractivity contribution >= 4 is 6.29 Å². The first-order valence-corrected chi connectivity index (χ1v) is 6.76. The number of aromatic nitrogens is 1. The number of aryl methyl sites for hydroxylation is 1. The van der Waals surface area contributed by atoms with E-state index in [1.165, 1.54) is 5.69 Å². The first kappa shape index (κ1) is 15.0. The lowest BCUT2D eigenvalue weighted by Gasteiger charge is -2.31. The second-order valence-corrected chi connectivity index (χ2v) is 5.52. The van der Waals surface area contributed by atoms with Crippen LogP contribution in [0.15, 0.2) is 6.07 Å². The van der Waals surface area contributed by atoms with Gasteiger partial charge in [-0.25, -0.2) is 0 Å². The standard InChI is InChI=1S/C15H26N2O/c1-11(2)16(12(3)4)7-8-17-13(5)9-15(10-18)14(17)6/h9-12H,7-8H2,1-6H3. The van der Waals surface area contributed by atoms with E-state index in [0.29, 0.717) is 12.1 Å². The number of hydrogen-bond donors (Lipinski definition) is 0. The Hall–Kier alpha value is -1.09. The lowest BCUT2D eigenvalue weighted by molar-refractivity contribution is 0.112. The third-order valence-electron chi connectivity index (χ3n) is 3.65. The summed E-state index contributed by atoms with van der Waals surface area (Å²) in [5, 5.41) is 0. The van der Waals surface area contributed by atoms with Crippen molar-refractivity contribution in [1.29, 1.82) is 0 Å². The molecule has 3 nitrogen and oxygen atoms in total. The third-order valence-corrected chi connectivity index (χ3v) is 3.65. The van der Waals surface area contributed by atoms with E-state index in [4.69, 9.17) is 0 Å². The van der Waals surface area contributed by atoms with Crippen LogP contribution >= 0.6 is 0 Å². The first-order valence-electron chi connectivity index (χ1n) is 6.76. The summed E-state index contributed by atoms with van der Waals surface area (Å²) < 4.78 is 2.24. The summed E-state index contributed by atoms with van der Waals surface area (Å²) in [6.45, 7) is 15.0. The average Bonchev–Trinajstić information content (AvgIpc) is 2.55. The van der Waals surface area contributed by atoms with Gasteiger partial charge in [0, 0.05) is 42.1 Å². The largest absolute Gasteiger partial charge is 0.347 e. The molecule has 102 valence electrons. The van der Waals surface area contributed by atoms with Gasteiger partial charge in [-0.1, -0.05) is 0 Å². The van der Waals surface area contributed by atoms with Crippen molar-refractivity contribution in [3.63, 3.8) is 0 Å². The molecular weight excluding hydrogens is 224 g/mol. The molecule has 0 fully saturated rings. The van der Waals surface area contributed by atoms with Gasteiger partial charge in [0.1, 0.15) is 0 Å². The summed E-state index contributed by atoms with van der Waals surface area (Å²) in [5.41, 5.74) is 3.06. The van der Waals surface area contributed by atoms with Crippen LogP contribution in [0, 0.1) is 13.8 Å². The lowest BCUT2D eigenvalue weighted by atomic mass is 10.2. The fourth-order valence-corrected chi connectivity index (χ4v) is 2.62. The van der Waals surface area contributed by atoms with Gasteiger partial charge >= 0.3 is 0 Å². The molecule has 0 unspecified atom stereocenters. The van der Waals surface area contributed by atoms with E-state index in [-0.39, 0.29) is 0 Å². The van der Waals surface area contributed by atoms with Crippen LogP contribution in [0.1, 0.15) is 49.4 Å². The fourth-order valence-electron chi connectivity index (χ4n) is 2.62. The van der Waals surface area contributed by atoms with E-state index >= 15 is 0 Å². The van der Waals surface area contributed by atoms with Gasteiger partial charge in [0.15, 0.2) is 6.29 Å². The minimum absolute atomic E-state index is 0.548. The highest BCUT2D eigenvalue weighted by Crippen LogP contribution is 2.14. The first-order chi connectivity index (χ1) is 8.38. The van der Waals surface area contributed by atoms with Crippen molar-refractivity contribution in [2.24, 2.45) is 0 Å². The lowest BCUT2D eigenvalue weighted by Crippen LogP contribution is -2.39. The Morgan fingerprint density at radius 3 is 2.17 bits per heavy atom. The molecule has 0 atom stereocenters. The van der Waals surface area contributed by atoms with E-state index < -0.39 is 0 Å². The second-order valence-electron chi connectivity index (χ2n) is 5.52. The van der Waals surface area contributed by atoms with Crippen LogP contribution in [0.25, 0.3) is 0 Å². The Labute approximate surface area is 111 Å². The van der Waals surface area contributed by atoms with Crippen molar-refractivity contribution < 1.29 is 4.79 Å². The molecule has 1 aromatic rings. The van der Waals surface area contributed by atoms with Gasteiger partial charge in [-0.2, -0.15) is 0 Å². The molecule has 3 heteroatoms. The molecule has 0 bridgehead atoms. The Bertz CT molecular complexity index is 397. The predicted molar refractivity (Wildman–Crippen MR) is 76.3 cm³/mol. The number of hydrogen-bond acceptors (Lipinski definition) is 2. The van der Waals surface area contributed by atoms with Gasteiger partial charge in [0.05, 0.1) is 0 Å². The molecule has 0 radical (unpaired) electrons. The van der Waals surface area contributed by atoms with Crippen molar-refractivity contribution in [3.05, 3.63) is 23.0 Å². The van der Waals surface area contributed by atoms with Crippen LogP contribution in [0.3, 0.4) is 0 Å². The SMILES string of the molecule is Cc1cc(C=O)c(C)n1CCN(C(C)C)C(C)C. The second kappa shape index (κ2) is 6.19. The van der Waals surface area contributed by atoms with Crippen LogP contribution < -0.4 is 0 Å². The molecule has 0 spiro atoms. The molecule has 0 aliphatic carbocycles. The smallest absolute Gasteiger partial charge is 0.151 e. The molecule has 1 heterocycles. The Balaban J connectivity index is 2.79. The fraction of sp³-hybridized carbons (Fsp3) is 0.667. The van der Waals surface area contributed by atoms with Gasteiger partial charge in [0.25, 0.3) is 0 Å². The Kier molecular flexibility index (Phi) is 5.15. The molecule has 0 aromatic carbocycles. The minimum Gasteiger partial charge on any atom is -0.347 e. The van der Waals surface area contributed by atoms with E-state index in [1.807, 2.05) is 13.0 Å². The Morgan fingerprint density at radius 1 is 1.22 bits per heavy atom. The molecule has 0 amide bonds. The minimum atomic E-state index is 0.548. The summed E-state index contributed by atoms with van der Waals surface area (Å²) in [4.78, 5) is 13.4. The Morgan fingerprint density at radius 2 is 1.78 bits per heavy atom. The summed E-state index contributed by atoms with van der Waals surface area (Å²) in [5.74, 6) is 0. The van der Waals surface area contributed by atoms with Crippen LogP contribution in [0.4, 0.5) is 0 Å². The zero-order valence-electron chi connectivity index (χ0n) is 12.5. The molecular formula is C15H26N2O. The molecule has 1 rings (SSSR count). The molecule has 0 N–H and O–H groups in total. The molecule has 0 saturated carbocycles. The maximum absolute atomic E-state index is 10.9. The number of carbonyl (C=O) groups excluding carboxylic acids is 1. The molecule has 18 heavy (non-hydrogen) atoms. The normalized spacial score (nSPS) is 11.8. The highest BCUT2D eigenvalue weighted by Gasteiger charge is 2.14. The van der Waals surface area contributed by atoms with Crippen molar-refractivity contribution in [3.8, 4) is 0 Å². The zero-order chi connectivity index (χ0) is 13.9. The molecule has 0 aliphatic rings. The summed E-state index contributed by atoms with van der Waals surface area (Å²) in [7, 11) is 0. The highest BCUT2D eigenvalue weighted by atomic mass is 16.1. The molecule has 0 aliphatic heterocycles. The molecule has 1 aromatic heterocycles. The van der Waals surface area contributed by atoms with Crippen molar-refractivity contribution in [2.45, 2.75) is 60.2 Å². The predicted octanol–water partition coefficient (Wildman–Crippen LogP) is 3.04. The van der Waals surface area contributed by atoms with Crippen LogP contribution in [-0.2, 0) is 6.54 Å². The summed E-state index contributed by atoms with van der Waals surface area (Å²) in [6.07, 6.45) is 0.946.